The molecule has 0 bridgehead atoms. The highest BCUT2D eigenvalue weighted by molar-refractivity contribution is 5.80. The molecule has 0 fully saturated rings. The van der Waals surface area contributed by atoms with Crippen molar-refractivity contribution in [3.05, 3.63) is 111 Å². The Kier molecular flexibility index (Phi) is 8.05. The second-order valence-electron chi connectivity index (χ2n) is 10.3. The molecule has 0 aliphatic heterocycles. The summed E-state index contributed by atoms with van der Waals surface area (Å²) in [6.07, 6.45) is 2.57. The van der Waals surface area contributed by atoms with Gasteiger partial charge in [0, 0.05) is 25.6 Å². The molecule has 0 unspecified atom stereocenters. The molecule has 3 heterocycles. The smallest absolute Gasteiger partial charge is 0.337 e. The molecule has 11 nitrogen and oxygen atoms in total. The van der Waals surface area contributed by atoms with Gasteiger partial charge < -0.3 is 9.30 Å². The number of tetrazole rings is 1. The number of nitrogens with one attached hydrogen (secondary N) is 1. The van der Waals surface area contributed by atoms with Crippen molar-refractivity contribution in [1.82, 2.24) is 39.3 Å². The number of hydrogen-bond acceptors (Lipinski definition) is 7. The molecule has 218 valence electrons. The predicted octanol–water partition coefficient (Wildman–Crippen LogP) is 4.23. The van der Waals surface area contributed by atoms with Crippen molar-refractivity contribution in [1.29, 1.82) is 0 Å². The molecule has 43 heavy (non-hydrogen) atoms. The highest BCUT2D eigenvalue weighted by Gasteiger charge is 2.22. The average Bonchev–Trinajstić information content (AvgIpc) is 3.70. The zero-order chi connectivity index (χ0) is 29.8. The fourth-order valence-corrected chi connectivity index (χ4v) is 5.35. The monoisotopic (exact) mass is 576 g/mol. The van der Waals surface area contributed by atoms with E-state index in [-0.39, 0.29) is 12.1 Å². The van der Waals surface area contributed by atoms with Gasteiger partial charge in [-0.05, 0) is 40.5 Å². The van der Waals surface area contributed by atoms with Crippen molar-refractivity contribution in [3.63, 3.8) is 0 Å². The van der Waals surface area contributed by atoms with E-state index in [1.807, 2.05) is 47.0 Å². The number of aryl methyl sites for hydroxylation is 1. The summed E-state index contributed by atoms with van der Waals surface area (Å²) in [6, 6.07) is 25.1. The summed E-state index contributed by atoms with van der Waals surface area (Å²) in [7, 11) is 1.59. The lowest BCUT2D eigenvalue weighted by atomic mass is 9.98. The normalized spacial score (nSPS) is 11.4. The topological polar surface area (TPSA) is 126 Å². The van der Waals surface area contributed by atoms with Gasteiger partial charge in [0.05, 0.1) is 18.8 Å². The van der Waals surface area contributed by atoms with Crippen molar-refractivity contribution in [2.24, 2.45) is 0 Å². The summed E-state index contributed by atoms with van der Waals surface area (Å²) in [4.78, 5) is 32.7. The molecule has 0 radical (unpaired) electrons. The summed E-state index contributed by atoms with van der Waals surface area (Å²) in [5, 5.41) is 14.5. The molecule has 0 aliphatic carbocycles. The highest BCUT2D eigenvalue weighted by Crippen LogP contribution is 2.30. The summed E-state index contributed by atoms with van der Waals surface area (Å²) in [5.74, 6) is 1.30. The van der Waals surface area contributed by atoms with Crippen LogP contribution in [0.25, 0.3) is 39.4 Å². The zero-order valence-electron chi connectivity index (χ0n) is 24.1. The largest absolute Gasteiger partial charge is 0.383 e. The first kappa shape index (κ1) is 28.0. The maximum atomic E-state index is 14.1. The number of benzene rings is 3. The molecule has 11 heteroatoms. The predicted molar refractivity (Wildman–Crippen MR) is 164 cm³/mol. The Hall–Kier alpha value is -5.16. The molecule has 3 aromatic carbocycles. The number of imidazole rings is 1. The first-order valence-corrected chi connectivity index (χ1v) is 14.3. The molecule has 0 spiro atoms. The van der Waals surface area contributed by atoms with Gasteiger partial charge in [-0.3, -0.25) is 9.36 Å². The van der Waals surface area contributed by atoms with Crippen molar-refractivity contribution >= 4 is 11.2 Å². The van der Waals surface area contributed by atoms with E-state index in [1.165, 1.54) is 4.57 Å². The molecule has 0 saturated heterocycles. The van der Waals surface area contributed by atoms with E-state index in [1.54, 1.807) is 23.8 Å². The van der Waals surface area contributed by atoms with E-state index in [2.05, 4.69) is 51.8 Å². The first-order valence-electron chi connectivity index (χ1n) is 14.3. The van der Waals surface area contributed by atoms with Gasteiger partial charge in [-0.15, -0.1) is 10.2 Å². The number of methoxy groups -OCH3 is 1. The fourth-order valence-electron chi connectivity index (χ4n) is 5.35. The van der Waals surface area contributed by atoms with Crippen molar-refractivity contribution in [2.75, 3.05) is 13.7 Å². The average molecular weight is 577 g/mol. The van der Waals surface area contributed by atoms with E-state index >= 15 is 0 Å². The van der Waals surface area contributed by atoms with Crippen molar-refractivity contribution < 1.29 is 4.74 Å². The summed E-state index contributed by atoms with van der Waals surface area (Å²) < 4.78 is 10.1. The standard InChI is InChI=1S/C32H32N8O3/c1-3-4-14-27-33-30-28(31(41)40(24-10-6-5-7-11-24)32(42)38(30)19-20-43-2)39(27)21-22-15-17-23(18-16-22)25-12-8-9-13-26(25)29-34-36-37-35-29/h5-13,15-18H,3-4,14,19-21H2,1-2H3,(H,34,35,36,37). The van der Waals surface area contributed by atoms with E-state index in [0.717, 1.165) is 40.9 Å². The lowest BCUT2D eigenvalue weighted by molar-refractivity contribution is 0.186. The summed E-state index contributed by atoms with van der Waals surface area (Å²) in [5.41, 5.74) is 4.34. The Labute approximate surface area is 247 Å². The van der Waals surface area contributed by atoms with Crippen LogP contribution in [0.3, 0.4) is 0 Å². The summed E-state index contributed by atoms with van der Waals surface area (Å²) >= 11 is 0. The maximum absolute atomic E-state index is 14.1. The quantitative estimate of drug-likeness (QED) is 0.245. The van der Waals surface area contributed by atoms with E-state index in [4.69, 9.17) is 9.72 Å². The van der Waals surface area contributed by atoms with Gasteiger partial charge in [0.25, 0.3) is 5.56 Å². The SMILES string of the molecule is CCCCc1nc2c(c(=O)n(-c3ccccc3)c(=O)n2CCOC)n1Cc1ccc(-c2ccccc2-c2nn[nH]n2)cc1. The van der Waals surface area contributed by atoms with Crippen LogP contribution in [0.4, 0.5) is 0 Å². The van der Waals surface area contributed by atoms with Crippen LogP contribution in [0.5, 0.6) is 0 Å². The van der Waals surface area contributed by atoms with Crippen LogP contribution in [-0.4, -0.2) is 53.0 Å². The van der Waals surface area contributed by atoms with Gasteiger partial charge in [-0.1, -0.05) is 80.1 Å². The zero-order valence-corrected chi connectivity index (χ0v) is 24.1. The molecule has 0 aliphatic rings. The summed E-state index contributed by atoms with van der Waals surface area (Å²) in [6.45, 7) is 3.13. The van der Waals surface area contributed by atoms with Gasteiger partial charge >= 0.3 is 5.69 Å². The lowest BCUT2D eigenvalue weighted by Crippen LogP contribution is -2.40. The molecule has 0 amide bonds. The molecule has 1 N–H and O–H groups in total. The number of aromatic amines is 1. The van der Waals surface area contributed by atoms with Gasteiger partial charge in [-0.2, -0.15) is 5.21 Å². The third-order valence-electron chi connectivity index (χ3n) is 7.52. The van der Waals surface area contributed by atoms with Crippen molar-refractivity contribution in [3.8, 4) is 28.2 Å². The number of hydrogen-bond donors (Lipinski definition) is 1. The number of para-hydroxylation sites is 1. The molecule has 0 saturated carbocycles. The highest BCUT2D eigenvalue weighted by atomic mass is 16.5. The van der Waals surface area contributed by atoms with Gasteiger partial charge in [0.15, 0.2) is 11.2 Å². The minimum Gasteiger partial charge on any atom is -0.383 e. The number of H-pyrrole nitrogens is 1. The molecule has 6 aromatic rings. The molecule has 6 rings (SSSR count). The third-order valence-corrected chi connectivity index (χ3v) is 7.52. The minimum absolute atomic E-state index is 0.275. The molecule has 3 aromatic heterocycles. The van der Waals surface area contributed by atoms with Gasteiger partial charge in [-0.25, -0.2) is 14.3 Å². The first-order chi connectivity index (χ1) is 21.1. The number of aromatic nitrogens is 8. The van der Waals surface area contributed by atoms with Crippen LogP contribution in [0.1, 0.15) is 31.2 Å². The number of rotatable bonds is 11. The van der Waals surface area contributed by atoms with Crippen LogP contribution < -0.4 is 11.2 Å². The maximum Gasteiger partial charge on any atom is 0.337 e. The van der Waals surface area contributed by atoms with E-state index in [0.29, 0.717) is 42.2 Å². The van der Waals surface area contributed by atoms with E-state index < -0.39 is 5.69 Å². The molecular weight excluding hydrogens is 544 g/mol. The number of ether oxygens (including phenoxy) is 1. The second-order valence-corrected chi connectivity index (χ2v) is 10.3. The van der Waals surface area contributed by atoms with Crippen LogP contribution in [-0.2, 0) is 24.2 Å². The third kappa shape index (κ3) is 5.42. The Morgan fingerprint density at radius 2 is 1.63 bits per heavy atom. The van der Waals surface area contributed by atoms with Crippen LogP contribution in [0, 0.1) is 0 Å². The Morgan fingerprint density at radius 3 is 2.33 bits per heavy atom. The number of unbranched alkanes of at least 4 members (excludes halogenated alkanes) is 1. The van der Waals surface area contributed by atoms with Crippen LogP contribution in [0.15, 0.2) is 88.5 Å². The fraction of sp³-hybridized carbons (Fsp3) is 0.250. The Morgan fingerprint density at radius 1 is 0.884 bits per heavy atom. The van der Waals surface area contributed by atoms with Gasteiger partial charge in [0.1, 0.15) is 5.82 Å². The van der Waals surface area contributed by atoms with Gasteiger partial charge in [0.2, 0.25) is 5.82 Å². The Bertz CT molecular complexity index is 1960. The Balaban J connectivity index is 1.47. The second kappa shape index (κ2) is 12.4. The minimum atomic E-state index is -0.433. The van der Waals surface area contributed by atoms with Crippen molar-refractivity contribution in [2.45, 2.75) is 39.3 Å². The molecule has 0 atom stereocenters. The van der Waals surface area contributed by atoms with Crippen LogP contribution >= 0.6 is 0 Å². The lowest BCUT2D eigenvalue weighted by Gasteiger charge is -2.13. The van der Waals surface area contributed by atoms with Crippen LogP contribution in [0.2, 0.25) is 0 Å². The number of fused-ring (bicyclic) bond motifs is 1. The van der Waals surface area contributed by atoms with E-state index in [9.17, 15) is 9.59 Å². The molecular formula is C32H32N8O3. The number of nitrogens with zero attached hydrogens (tertiary/aromatic N) is 7.